The second-order valence-corrected chi connectivity index (χ2v) is 6.61. The van der Waals surface area contributed by atoms with E-state index in [9.17, 15) is 9.59 Å². The molecule has 0 unspecified atom stereocenters. The summed E-state index contributed by atoms with van der Waals surface area (Å²) in [6, 6.07) is 0. The van der Waals surface area contributed by atoms with Crippen LogP contribution in [-0.2, 0) is 4.79 Å². The Morgan fingerprint density at radius 3 is 2.76 bits per heavy atom. The SMILES string of the molecule is CCNC(=O)CN1CCCN(C(=O)c2cscc2Br)CC1. The number of carbonyl (C=O) groups excluding carboxylic acids is 2. The fourth-order valence-electron chi connectivity index (χ4n) is 2.39. The summed E-state index contributed by atoms with van der Waals surface area (Å²) in [5, 5.41) is 6.61. The van der Waals surface area contributed by atoms with Crippen molar-refractivity contribution in [2.24, 2.45) is 0 Å². The Morgan fingerprint density at radius 1 is 1.29 bits per heavy atom. The molecule has 1 saturated heterocycles. The molecule has 2 rings (SSSR count). The summed E-state index contributed by atoms with van der Waals surface area (Å²) in [4.78, 5) is 28.1. The highest BCUT2D eigenvalue weighted by Gasteiger charge is 2.22. The quantitative estimate of drug-likeness (QED) is 0.875. The van der Waals surface area contributed by atoms with E-state index >= 15 is 0 Å². The molecule has 0 aliphatic carbocycles. The third kappa shape index (κ3) is 4.52. The topological polar surface area (TPSA) is 52.7 Å². The van der Waals surface area contributed by atoms with Crippen LogP contribution in [0.5, 0.6) is 0 Å². The van der Waals surface area contributed by atoms with Crippen molar-refractivity contribution < 1.29 is 9.59 Å². The Bertz CT molecular complexity index is 506. The number of carbonyl (C=O) groups is 2. The number of amides is 2. The number of rotatable bonds is 4. The Balaban J connectivity index is 1.90. The number of hydrogen-bond donors (Lipinski definition) is 1. The Kier molecular flexibility index (Phi) is 6.20. The van der Waals surface area contributed by atoms with Gasteiger partial charge in [0.2, 0.25) is 5.91 Å². The van der Waals surface area contributed by atoms with E-state index < -0.39 is 0 Å². The van der Waals surface area contributed by atoms with Gasteiger partial charge in [-0.3, -0.25) is 14.5 Å². The molecule has 1 aliphatic rings. The molecule has 1 aliphatic heterocycles. The van der Waals surface area contributed by atoms with Gasteiger partial charge in [0, 0.05) is 48.0 Å². The van der Waals surface area contributed by atoms with Crippen molar-refractivity contribution in [1.82, 2.24) is 15.1 Å². The molecular weight excluding hydrogens is 354 g/mol. The molecule has 5 nitrogen and oxygen atoms in total. The second-order valence-electron chi connectivity index (χ2n) is 5.01. The van der Waals surface area contributed by atoms with E-state index in [0.717, 1.165) is 36.1 Å². The lowest BCUT2D eigenvalue weighted by Crippen LogP contribution is -2.40. The third-order valence-electron chi connectivity index (χ3n) is 3.46. The van der Waals surface area contributed by atoms with Crippen LogP contribution < -0.4 is 5.32 Å². The minimum Gasteiger partial charge on any atom is -0.355 e. The first kappa shape index (κ1) is 16.5. The maximum absolute atomic E-state index is 12.5. The maximum Gasteiger partial charge on any atom is 0.255 e. The average molecular weight is 374 g/mol. The molecule has 2 amide bonds. The van der Waals surface area contributed by atoms with Crippen LogP contribution >= 0.6 is 27.3 Å². The molecule has 0 radical (unpaired) electrons. The van der Waals surface area contributed by atoms with Crippen molar-refractivity contribution in [2.75, 3.05) is 39.3 Å². The summed E-state index contributed by atoms with van der Waals surface area (Å²) in [7, 11) is 0. The lowest BCUT2D eigenvalue weighted by atomic mass is 10.3. The minimum atomic E-state index is 0.0536. The number of halogens is 1. The molecule has 1 N–H and O–H groups in total. The van der Waals surface area contributed by atoms with Crippen molar-refractivity contribution in [3.05, 3.63) is 20.8 Å². The van der Waals surface area contributed by atoms with Gasteiger partial charge in [-0.15, -0.1) is 0 Å². The summed E-state index contributed by atoms with van der Waals surface area (Å²) >= 11 is 4.93. The Morgan fingerprint density at radius 2 is 2.10 bits per heavy atom. The van der Waals surface area contributed by atoms with E-state index in [1.807, 2.05) is 22.6 Å². The van der Waals surface area contributed by atoms with E-state index in [1.54, 1.807) is 0 Å². The normalized spacial score (nSPS) is 16.6. The molecule has 0 saturated carbocycles. The first-order chi connectivity index (χ1) is 10.1. The third-order valence-corrected chi connectivity index (χ3v) is 5.16. The van der Waals surface area contributed by atoms with Gasteiger partial charge in [0.05, 0.1) is 12.1 Å². The van der Waals surface area contributed by atoms with Gasteiger partial charge >= 0.3 is 0 Å². The van der Waals surface area contributed by atoms with Crippen LogP contribution in [0, 0.1) is 0 Å². The molecule has 116 valence electrons. The number of likely N-dealkylation sites (N-methyl/N-ethyl adjacent to an activating group) is 1. The van der Waals surface area contributed by atoms with Crippen molar-refractivity contribution in [3.63, 3.8) is 0 Å². The minimum absolute atomic E-state index is 0.0536. The molecule has 1 aromatic rings. The molecular formula is C14H20BrN3O2S. The Labute approximate surface area is 137 Å². The maximum atomic E-state index is 12.5. The highest BCUT2D eigenvalue weighted by molar-refractivity contribution is 9.10. The second kappa shape index (κ2) is 7.91. The summed E-state index contributed by atoms with van der Waals surface area (Å²) < 4.78 is 0.862. The fraction of sp³-hybridized carbons (Fsp3) is 0.571. The molecule has 0 bridgehead atoms. The number of hydrogen-bond acceptors (Lipinski definition) is 4. The van der Waals surface area contributed by atoms with Gasteiger partial charge in [0.15, 0.2) is 0 Å². The first-order valence-electron chi connectivity index (χ1n) is 7.11. The van der Waals surface area contributed by atoms with Gasteiger partial charge in [-0.05, 0) is 29.3 Å². The standard InChI is InChI=1S/C14H20BrN3O2S/c1-2-16-13(19)8-17-4-3-5-18(7-6-17)14(20)11-9-21-10-12(11)15/h9-10H,2-8H2,1H3,(H,16,19). The number of nitrogens with zero attached hydrogens (tertiary/aromatic N) is 2. The lowest BCUT2D eigenvalue weighted by Gasteiger charge is -2.21. The zero-order valence-corrected chi connectivity index (χ0v) is 14.5. The lowest BCUT2D eigenvalue weighted by molar-refractivity contribution is -0.122. The summed E-state index contributed by atoms with van der Waals surface area (Å²) in [6.07, 6.45) is 0.896. The largest absolute Gasteiger partial charge is 0.355 e. The van der Waals surface area contributed by atoms with Crippen LogP contribution in [0.25, 0.3) is 0 Å². The monoisotopic (exact) mass is 373 g/mol. The molecule has 0 spiro atoms. The molecule has 7 heteroatoms. The van der Waals surface area contributed by atoms with Crippen LogP contribution in [-0.4, -0.2) is 60.9 Å². The van der Waals surface area contributed by atoms with Crippen LogP contribution in [0.2, 0.25) is 0 Å². The smallest absolute Gasteiger partial charge is 0.255 e. The number of thiophene rings is 1. The van der Waals surface area contributed by atoms with E-state index in [4.69, 9.17) is 0 Å². The van der Waals surface area contributed by atoms with Crippen molar-refractivity contribution in [1.29, 1.82) is 0 Å². The van der Waals surface area contributed by atoms with Gasteiger partial charge in [0.25, 0.3) is 5.91 Å². The predicted octanol–water partition coefficient (Wildman–Crippen LogP) is 1.79. The molecule has 1 fully saturated rings. The van der Waals surface area contributed by atoms with Crippen LogP contribution in [0.15, 0.2) is 15.2 Å². The van der Waals surface area contributed by atoms with E-state index in [2.05, 4.69) is 26.1 Å². The summed E-state index contributed by atoms with van der Waals surface area (Å²) in [5.74, 6) is 0.126. The van der Waals surface area contributed by atoms with Crippen molar-refractivity contribution >= 4 is 39.1 Å². The van der Waals surface area contributed by atoms with Crippen molar-refractivity contribution in [3.8, 4) is 0 Å². The van der Waals surface area contributed by atoms with Crippen molar-refractivity contribution in [2.45, 2.75) is 13.3 Å². The van der Waals surface area contributed by atoms with Gasteiger partial charge in [-0.2, -0.15) is 11.3 Å². The summed E-state index contributed by atoms with van der Waals surface area (Å²) in [6.45, 7) is 5.99. The highest BCUT2D eigenvalue weighted by Crippen LogP contribution is 2.23. The van der Waals surface area contributed by atoms with Gasteiger partial charge in [-0.1, -0.05) is 0 Å². The molecule has 21 heavy (non-hydrogen) atoms. The van der Waals surface area contributed by atoms with E-state index in [1.165, 1.54) is 11.3 Å². The van der Waals surface area contributed by atoms with Crippen LogP contribution in [0.3, 0.4) is 0 Å². The number of nitrogens with one attached hydrogen (secondary N) is 1. The zero-order valence-electron chi connectivity index (χ0n) is 12.1. The van der Waals surface area contributed by atoms with E-state index in [-0.39, 0.29) is 11.8 Å². The fourth-order valence-corrected chi connectivity index (χ4v) is 3.83. The highest BCUT2D eigenvalue weighted by atomic mass is 79.9. The average Bonchev–Trinajstić information content (AvgIpc) is 2.74. The molecule has 0 atom stereocenters. The molecule has 2 heterocycles. The molecule has 0 aromatic carbocycles. The molecule has 1 aromatic heterocycles. The Hall–Kier alpha value is -0.920. The zero-order chi connectivity index (χ0) is 15.2. The van der Waals surface area contributed by atoms with Gasteiger partial charge in [0.1, 0.15) is 0 Å². The van der Waals surface area contributed by atoms with Crippen LogP contribution in [0.4, 0.5) is 0 Å². The first-order valence-corrected chi connectivity index (χ1v) is 8.85. The summed E-state index contributed by atoms with van der Waals surface area (Å²) in [5.41, 5.74) is 0.733. The van der Waals surface area contributed by atoms with Crippen LogP contribution in [0.1, 0.15) is 23.7 Å². The van der Waals surface area contributed by atoms with E-state index in [0.29, 0.717) is 19.6 Å². The van der Waals surface area contributed by atoms with Gasteiger partial charge in [-0.25, -0.2) is 0 Å². The predicted molar refractivity (Wildman–Crippen MR) is 87.7 cm³/mol. The van der Waals surface area contributed by atoms with Gasteiger partial charge < -0.3 is 10.2 Å².